The number of non-ortho nitro benzene ring substituents is 1. The minimum Gasteiger partial charge on any atom is -0.493 e. The van der Waals surface area contributed by atoms with Crippen molar-refractivity contribution >= 4 is 22.6 Å². The monoisotopic (exact) mass is 428 g/mol. The van der Waals surface area contributed by atoms with Gasteiger partial charge in [-0.05, 0) is 42.2 Å². The number of hydrazine groups is 1. The minimum atomic E-state index is -0.385. The Hall–Kier alpha value is -2.78. The first-order valence-electron chi connectivity index (χ1n) is 9.73. The first-order valence-corrected chi connectivity index (χ1v) is 10.7. The molecule has 0 aliphatic carbocycles. The van der Waals surface area contributed by atoms with Crippen LogP contribution in [0.25, 0.3) is 0 Å². The van der Waals surface area contributed by atoms with Gasteiger partial charge < -0.3 is 9.47 Å². The molecule has 8 nitrogen and oxygen atoms in total. The van der Waals surface area contributed by atoms with Gasteiger partial charge in [-0.2, -0.15) is 0 Å². The number of benzene rings is 2. The zero-order valence-electron chi connectivity index (χ0n) is 17.1. The van der Waals surface area contributed by atoms with Crippen LogP contribution in [0.1, 0.15) is 29.7 Å². The molecule has 2 aromatic rings. The Morgan fingerprint density at radius 3 is 2.50 bits per heavy atom. The Kier molecular flexibility index (Phi) is 5.83. The second-order valence-corrected chi connectivity index (χ2v) is 8.31. The molecule has 9 heteroatoms. The van der Waals surface area contributed by atoms with Crippen LogP contribution in [0, 0.1) is 10.1 Å². The van der Waals surface area contributed by atoms with Crippen molar-refractivity contribution in [3.8, 4) is 11.5 Å². The maximum atomic E-state index is 11.1. The topological polar surface area (TPSA) is 89.2 Å². The van der Waals surface area contributed by atoms with E-state index in [4.69, 9.17) is 9.47 Å². The fourth-order valence-corrected chi connectivity index (χ4v) is 4.80. The Bertz CT molecular complexity index is 980. The lowest BCUT2D eigenvalue weighted by Crippen LogP contribution is -2.47. The van der Waals surface area contributed by atoms with Crippen molar-refractivity contribution in [2.45, 2.75) is 25.4 Å². The van der Waals surface area contributed by atoms with Crippen molar-refractivity contribution in [2.24, 2.45) is 4.99 Å². The van der Waals surface area contributed by atoms with Gasteiger partial charge in [-0.25, -0.2) is 5.43 Å². The number of nitrogens with zero attached hydrogens (tertiary/aromatic N) is 3. The average molecular weight is 429 g/mol. The van der Waals surface area contributed by atoms with Crippen LogP contribution in [-0.4, -0.2) is 47.7 Å². The van der Waals surface area contributed by atoms with Gasteiger partial charge in [0.15, 0.2) is 16.7 Å². The highest BCUT2D eigenvalue weighted by Gasteiger charge is 2.32. The number of ether oxygens (including phenoxy) is 2. The van der Waals surface area contributed by atoms with Crippen LogP contribution >= 0.6 is 11.8 Å². The van der Waals surface area contributed by atoms with Crippen molar-refractivity contribution in [2.75, 3.05) is 26.5 Å². The number of nitrogens with one attached hydrogen (secondary N) is 1. The second-order valence-electron chi connectivity index (χ2n) is 7.25. The molecule has 4 rings (SSSR count). The van der Waals surface area contributed by atoms with Gasteiger partial charge in [-0.3, -0.25) is 20.1 Å². The summed E-state index contributed by atoms with van der Waals surface area (Å²) in [5.41, 5.74) is 6.83. The molecule has 2 aliphatic heterocycles. The van der Waals surface area contributed by atoms with Gasteiger partial charge in [-0.1, -0.05) is 23.9 Å². The average Bonchev–Trinajstić information content (AvgIpc) is 3.24. The Balaban J connectivity index is 1.82. The largest absolute Gasteiger partial charge is 0.493 e. The summed E-state index contributed by atoms with van der Waals surface area (Å²) in [7, 11) is 3.25. The van der Waals surface area contributed by atoms with Gasteiger partial charge in [0.25, 0.3) is 5.69 Å². The van der Waals surface area contributed by atoms with E-state index in [2.05, 4.69) is 22.4 Å². The molecule has 0 saturated heterocycles. The lowest BCUT2D eigenvalue weighted by molar-refractivity contribution is -0.384. The number of aliphatic imine (C=N–C) groups is 1. The maximum Gasteiger partial charge on any atom is 0.269 e. The molecule has 0 amide bonds. The number of nitro groups is 1. The first-order chi connectivity index (χ1) is 14.5. The van der Waals surface area contributed by atoms with Crippen LogP contribution in [-0.2, 0) is 6.42 Å². The highest BCUT2D eigenvalue weighted by Crippen LogP contribution is 2.39. The zero-order valence-corrected chi connectivity index (χ0v) is 17.9. The van der Waals surface area contributed by atoms with E-state index < -0.39 is 0 Å². The summed E-state index contributed by atoms with van der Waals surface area (Å²) in [5, 5.41) is 14.2. The van der Waals surface area contributed by atoms with Gasteiger partial charge in [-0.15, -0.1) is 0 Å². The van der Waals surface area contributed by atoms with E-state index in [1.165, 1.54) is 12.1 Å². The van der Waals surface area contributed by atoms with Crippen LogP contribution in [0.4, 0.5) is 5.69 Å². The van der Waals surface area contributed by atoms with Crippen LogP contribution in [0.2, 0.25) is 0 Å². The Morgan fingerprint density at radius 1 is 1.20 bits per heavy atom. The lowest BCUT2D eigenvalue weighted by atomic mass is 9.92. The van der Waals surface area contributed by atoms with E-state index in [0.717, 1.165) is 40.6 Å². The fraction of sp³-hybridized carbons (Fsp3) is 0.381. The highest BCUT2D eigenvalue weighted by atomic mass is 32.2. The molecule has 0 unspecified atom stereocenters. The summed E-state index contributed by atoms with van der Waals surface area (Å²) in [4.78, 5) is 15.4. The molecule has 2 atom stereocenters. The standard InChI is InChI=1S/C21H24N4O4S/c1-13-10-15-11-18(28-2)19(29-3)12-17(15)20(23-24(13)21-22-8-9-30-21)14-4-6-16(7-5-14)25(26)27/h4-7,11-13,20,23H,8-10H2,1-3H3/t13-,20+/m1/s1. The summed E-state index contributed by atoms with van der Waals surface area (Å²) in [6, 6.07) is 10.6. The summed E-state index contributed by atoms with van der Waals surface area (Å²) in [5.74, 6) is 2.31. The zero-order chi connectivity index (χ0) is 21.3. The van der Waals surface area contributed by atoms with E-state index in [0.29, 0.717) is 11.5 Å². The maximum absolute atomic E-state index is 11.1. The lowest BCUT2D eigenvalue weighted by Gasteiger charge is -2.32. The van der Waals surface area contributed by atoms with Gasteiger partial charge in [0.2, 0.25) is 0 Å². The van der Waals surface area contributed by atoms with Gasteiger partial charge in [0.1, 0.15) is 0 Å². The highest BCUT2D eigenvalue weighted by molar-refractivity contribution is 8.14. The van der Waals surface area contributed by atoms with Crippen molar-refractivity contribution in [3.63, 3.8) is 0 Å². The van der Waals surface area contributed by atoms with Crippen molar-refractivity contribution in [1.82, 2.24) is 10.4 Å². The van der Waals surface area contributed by atoms with Crippen LogP contribution in [0.3, 0.4) is 0 Å². The van der Waals surface area contributed by atoms with Gasteiger partial charge in [0.05, 0.1) is 31.7 Å². The summed E-state index contributed by atoms with van der Waals surface area (Å²) < 4.78 is 11.1. The number of nitro benzene ring substituents is 1. The molecule has 1 N–H and O–H groups in total. The Labute approximate surface area is 179 Å². The minimum absolute atomic E-state index is 0.0702. The molecule has 2 heterocycles. The fourth-order valence-electron chi connectivity index (χ4n) is 3.88. The van der Waals surface area contributed by atoms with E-state index in [1.807, 2.05) is 12.1 Å². The van der Waals surface area contributed by atoms with E-state index in [-0.39, 0.29) is 22.7 Å². The second kappa shape index (κ2) is 8.53. The molecule has 0 saturated carbocycles. The number of fused-ring (bicyclic) bond motifs is 1. The summed E-state index contributed by atoms with van der Waals surface area (Å²) in [6.07, 6.45) is 0.797. The molecule has 0 radical (unpaired) electrons. The number of methoxy groups -OCH3 is 2. The van der Waals surface area contributed by atoms with Crippen LogP contribution < -0.4 is 14.9 Å². The van der Waals surface area contributed by atoms with Crippen LogP contribution in [0.5, 0.6) is 11.5 Å². The van der Waals surface area contributed by atoms with E-state index >= 15 is 0 Å². The molecule has 158 valence electrons. The van der Waals surface area contributed by atoms with Crippen molar-refractivity contribution in [1.29, 1.82) is 0 Å². The number of hydrogen-bond acceptors (Lipinski definition) is 8. The molecular formula is C21H24N4O4S. The number of hydrogen-bond donors (Lipinski definition) is 1. The quantitative estimate of drug-likeness (QED) is 0.588. The predicted molar refractivity (Wildman–Crippen MR) is 117 cm³/mol. The molecular weight excluding hydrogens is 404 g/mol. The predicted octanol–water partition coefficient (Wildman–Crippen LogP) is 3.56. The van der Waals surface area contributed by atoms with Crippen LogP contribution in [0.15, 0.2) is 41.4 Å². The molecule has 2 aliphatic rings. The van der Waals surface area contributed by atoms with E-state index in [9.17, 15) is 10.1 Å². The molecule has 30 heavy (non-hydrogen) atoms. The molecule has 0 aromatic heterocycles. The summed E-state index contributed by atoms with van der Waals surface area (Å²) >= 11 is 1.73. The van der Waals surface area contributed by atoms with Gasteiger partial charge in [0, 0.05) is 23.9 Å². The summed E-state index contributed by atoms with van der Waals surface area (Å²) in [6.45, 7) is 2.97. The third-order valence-corrected chi connectivity index (χ3v) is 6.36. The molecule has 2 aromatic carbocycles. The smallest absolute Gasteiger partial charge is 0.269 e. The molecule has 0 spiro atoms. The third kappa shape index (κ3) is 3.82. The number of rotatable bonds is 4. The Morgan fingerprint density at radius 2 is 1.90 bits per heavy atom. The molecule has 0 bridgehead atoms. The molecule has 0 fully saturated rings. The number of amidine groups is 1. The first kappa shape index (κ1) is 20.5. The third-order valence-electron chi connectivity index (χ3n) is 5.39. The van der Waals surface area contributed by atoms with Crippen molar-refractivity contribution in [3.05, 3.63) is 63.2 Å². The SMILES string of the molecule is COc1cc2c(cc1OC)[C@H](c1ccc([N+](=O)[O-])cc1)NN(C1=NCCS1)[C@H](C)C2. The number of thioether (sulfide) groups is 1. The van der Waals surface area contributed by atoms with E-state index in [1.54, 1.807) is 38.1 Å². The normalized spacial score (nSPS) is 20.9. The van der Waals surface area contributed by atoms with Gasteiger partial charge >= 0.3 is 0 Å². The van der Waals surface area contributed by atoms with Crippen molar-refractivity contribution < 1.29 is 14.4 Å².